The van der Waals surface area contributed by atoms with Crippen LogP contribution in [0.25, 0.3) is 0 Å². The molecule has 2 aromatic carbocycles. The molecule has 27 heavy (non-hydrogen) atoms. The molecule has 0 aromatic heterocycles. The topological polar surface area (TPSA) is 188 Å². The van der Waals surface area contributed by atoms with Crippen LogP contribution in [0, 0.1) is 11.3 Å². The number of rotatable bonds is 5. The zero-order valence-electron chi connectivity index (χ0n) is 13.4. The standard InChI is InChI=1S/C16H11N5O6/c17-7-14(20-18-8-1-3-12(22)10(5-8)15(24)25)21-19-9-2-4-13(23)11(6-9)16(26)27/h1-6,18,22-23H,(H,24,25)(H,26,27)/b20-14+,21-19?. The summed E-state index contributed by atoms with van der Waals surface area (Å²) in [6.45, 7) is 0. The van der Waals surface area contributed by atoms with Gasteiger partial charge in [-0.3, -0.25) is 5.43 Å². The molecule has 0 spiro atoms. The highest BCUT2D eigenvalue weighted by atomic mass is 16.4. The van der Waals surface area contributed by atoms with Gasteiger partial charge in [-0.15, -0.1) is 15.3 Å². The Kier molecular flexibility index (Phi) is 5.65. The SMILES string of the molecule is N#C/C(N=Nc1ccc(O)c(C(=O)O)c1)=N\Nc1ccc(O)c(C(=O)O)c1. The number of nitriles is 1. The number of benzene rings is 2. The first-order valence-corrected chi connectivity index (χ1v) is 7.10. The first-order valence-electron chi connectivity index (χ1n) is 7.10. The summed E-state index contributed by atoms with van der Waals surface area (Å²) in [5.41, 5.74) is 1.89. The van der Waals surface area contributed by atoms with Crippen LogP contribution in [-0.4, -0.2) is 38.2 Å². The molecule has 0 saturated carbocycles. The van der Waals surface area contributed by atoms with Gasteiger partial charge in [-0.25, -0.2) is 9.59 Å². The van der Waals surface area contributed by atoms with Crippen molar-refractivity contribution in [1.29, 1.82) is 5.26 Å². The van der Waals surface area contributed by atoms with Crippen LogP contribution in [0.3, 0.4) is 0 Å². The van der Waals surface area contributed by atoms with Crippen molar-refractivity contribution in [3.05, 3.63) is 47.5 Å². The molecule has 0 atom stereocenters. The lowest BCUT2D eigenvalue weighted by Gasteiger charge is -2.03. The monoisotopic (exact) mass is 369 g/mol. The molecule has 0 saturated heterocycles. The zero-order chi connectivity index (χ0) is 20.0. The van der Waals surface area contributed by atoms with Crippen LogP contribution in [0.15, 0.2) is 51.7 Å². The van der Waals surface area contributed by atoms with Crippen molar-refractivity contribution in [3.63, 3.8) is 0 Å². The Morgan fingerprint density at radius 1 is 0.963 bits per heavy atom. The molecule has 11 nitrogen and oxygen atoms in total. The lowest BCUT2D eigenvalue weighted by molar-refractivity contribution is 0.0682. The van der Waals surface area contributed by atoms with E-state index in [1.54, 1.807) is 6.07 Å². The first kappa shape index (κ1) is 18.9. The number of aromatic hydroxyl groups is 2. The van der Waals surface area contributed by atoms with Gasteiger partial charge in [0.05, 0.1) is 11.4 Å². The summed E-state index contributed by atoms with van der Waals surface area (Å²) in [5, 5.41) is 56.6. The van der Waals surface area contributed by atoms with Crippen molar-refractivity contribution in [1.82, 2.24) is 0 Å². The molecule has 5 N–H and O–H groups in total. The summed E-state index contributed by atoms with van der Waals surface area (Å²) in [6.07, 6.45) is 0. The number of carboxylic acids is 2. The Morgan fingerprint density at radius 2 is 1.56 bits per heavy atom. The van der Waals surface area contributed by atoms with Gasteiger partial charge in [0, 0.05) is 0 Å². The first-order chi connectivity index (χ1) is 12.8. The van der Waals surface area contributed by atoms with E-state index in [4.69, 9.17) is 15.5 Å². The average molecular weight is 369 g/mol. The molecule has 0 aliphatic carbocycles. The van der Waals surface area contributed by atoms with Crippen LogP contribution in [0.1, 0.15) is 20.7 Å². The quantitative estimate of drug-likeness (QED) is 0.175. The normalized spacial score (nSPS) is 11.1. The molecule has 0 bridgehead atoms. The Labute approximate surface area is 151 Å². The maximum Gasteiger partial charge on any atom is 0.339 e. The Balaban J connectivity index is 2.20. The molecule has 11 heteroatoms. The molecule has 0 aliphatic heterocycles. The predicted molar refractivity (Wildman–Crippen MR) is 91.3 cm³/mol. The smallest absolute Gasteiger partial charge is 0.339 e. The number of anilines is 1. The molecule has 0 aliphatic rings. The lowest BCUT2D eigenvalue weighted by Crippen LogP contribution is -2.00. The summed E-state index contributed by atoms with van der Waals surface area (Å²) < 4.78 is 0. The van der Waals surface area contributed by atoms with Gasteiger partial charge in [-0.1, -0.05) is 0 Å². The number of hydrogen-bond donors (Lipinski definition) is 5. The molecule has 0 amide bonds. The highest BCUT2D eigenvalue weighted by molar-refractivity contribution is 5.97. The van der Waals surface area contributed by atoms with E-state index in [2.05, 4.69) is 20.8 Å². The van der Waals surface area contributed by atoms with E-state index in [0.717, 1.165) is 24.3 Å². The number of nitrogens with one attached hydrogen (secondary N) is 1. The van der Waals surface area contributed by atoms with Crippen molar-refractivity contribution in [2.24, 2.45) is 15.3 Å². The molecule has 136 valence electrons. The van der Waals surface area contributed by atoms with Crippen molar-refractivity contribution in [2.45, 2.75) is 0 Å². The largest absolute Gasteiger partial charge is 0.507 e. The van der Waals surface area contributed by atoms with Crippen LogP contribution < -0.4 is 5.43 Å². The maximum absolute atomic E-state index is 11.0. The summed E-state index contributed by atoms with van der Waals surface area (Å²) >= 11 is 0. The number of hydrogen-bond acceptors (Lipinski definition) is 8. The van der Waals surface area contributed by atoms with Gasteiger partial charge in [0.2, 0.25) is 0 Å². The average Bonchev–Trinajstić information content (AvgIpc) is 2.63. The van der Waals surface area contributed by atoms with E-state index in [1.807, 2.05) is 0 Å². The molecule has 0 unspecified atom stereocenters. The fraction of sp³-hybridized carbons (Fsp3) is 0. The van der Waals surface area contributed by atoms with Crippen LogP contribution in [0.2, 0.25) is 0 Å². The van der Waals surface area contributed by atoms with Crippen molar-refractivity contribution < 1.29 is 30.0 Å². The number of carbonyl (C=O) groups is 2. The highest BCUT2D eigenvalue weighted by Gasteiger charge is 2.11. The molecule has 2 rings (SSSR count). The molecule has 0 radical (unpaired) electrons. The molecule has 2 aromatic rings. The third kappa shape index (κ3) is 4.77. The summed E-state index contributed by atoms with van der Waals surface area (Å²) in [6, 6.07) is 8.66. The van der Waals surface area contributed by atoms with Gasteiger partial charge in [-0.2, -0.15) is 5.26 Å². The number of aromatic carboxylic acids is 2. The maximum atomic E-state index is 11.0. The number of nitrogens with zero attached hydrogens (tertiary/aromatic N) is 4. The molecule has 0 fully saturated rings. The molecule has 0 heterocycles. The second-order valence-corrected chi connectivity index (χ2v) is 4.90. The summed E-state index contributed by atoms with van der Waals surface area (Å²) in [5.74, 6) is -4.02. The minimum atomic E-state index is -1.36. The van der Waals surface area contributed by atoms with Crippen molar-refractivity contribution in [3.8, 4) is 17.6 Å². The van der Waals surface area contributed by atoms with Gasteiger partial charge in [0.15, 0.2) is 0 Å². The van der Waals surface area contributed by atoms with Crippen LogP contribution in [0.5, 0.6) is 11.5 Å². The van der Waals surface area contributed by atoms with Gasteiger partial charge < -0.3 is 20.4 Å². The Hall–Kier alpha value is -4.46. The highest BCUT2D eigenvalue weighted by Crippen LogP contribution is 2.24. The lowest BCUT2D eigenvalue weighted by atomic mass is 10.2. The third-order valence-corrected chi connectivity index (χ3v) is 3.09. The van der Waals surface area contributed by atoms with Gasteiger partial charge in [0.1, 0.15) is 28.7 Å². The fourth-order valence-corrected chi connectivity index (χ4v) is 1.83. The number of azo groups is 1. The van der Waals surface area contributed by atoms with E-state index in [-0.39, 0.29) is 22.5 Å². The second kappa shape index (κ2) is 8.08. The van der Waals surface area contributed by atoms with Gasteiger partial charge in [-0.05, 0) is 36.4 Å². The van der Waals surface area contributed by atoms with Crippen LogP contribution in [0.4, 0.5) is 11.4 Å². The number of amidine groups is 1. The van der Waals surface area contributed by atoms with Crippen LogP contribution >= 0.6 is 0 Å². The van der Waals surface area contributed by atoms with E-state index >= 15 is 0 Å². The number of phenols is 2. The van der Waals surface area contributed by atoms with E-state index < -0.39 is 29.3 Å². The minimum Gasteiger partial charge on any atom is -0.507 e. The Morgan fingerprint density at radius 3 is 2.15 bits per heavy atom. The van der Waals surface area contributed by atoms with Crippen molar-refractivity contribution >= 4 is 29.1 Å². The van der Waals surface area contributed by atoms with E-state index in [1.165, 1.54) is 12.1 Å². The van der Waals surface area contributed by atoms with Gasteiger partial charge >= 0.3 is 11.9 Å². The van der Waals surface area contributed by atoms with E-state index in [0.29, 0.717) is 0 Å². The number of hydrazone groups is 1. The predicted octanol–water partition coefficient (Wildman–Crippen LogP) is 2.53. The van der Waals surface area contributed by atoms with Crippen molar-refractivity contribution in [2.75, 3.05) is 5.43 Å². The van der Waals surface area contributed by atoms with E-state index in [9.17, 15) is 19.8 Å². The van der Waals surface area contributed by atoms with Gasteiger partial charge in [0.25, 0.3) is 5.84 Å². The number of carboxylic acid groups (broad SMARTS) is 2. The summed E-state index contributed by atoms with van der Waals surface area (Å²) in [7, 11) is 0. The third-order valence-electron chi connectivity index (χ3n) is 3.09. The molecular weight excluding hydrogens is 358 g/mol. The fourth-order valence-electron chi connectivity index (χ4n) is 1.83. The van der Waals surface area contributed by atoms with Crippen LogP contribution in [-0.2, 0) is 0 Å². The second-order valence-electron chi connectivity index (χ2n) is 4.90. The Bertz CT molecular complexity index is 1010. The molecular formula is C16H11N5O6. The zero-order valence-corrected chi connectivity index (χ0v) is 13.4. The minimum absolute atomic E-state index is 0.0611. The summed E-state index contributed by atoms with van der Waals surface area (Å²) in [4.78, 5) is 21.9.